The first-order valence-corrected chi connectivity index (χ1v) is 26.9. The number of ether oxygens (including phenoxy) is 5. The highest BCUT2D eigenvalue weighted by atomic mass is 28.4. The summed E-state index contributed by atoms with van der Waals surface area (Å²) >= 11 is 0. The Morgan fingerprint density at radius 2 is 1.03 bits per heavy atom. The van der Waals surface area contributed by atoms with Crippen molar-refractivity contribution in [3.8, 4) is 23.0 Å². The monoisotopic (exact) mass is 987 g/mol. The van der Waals surface area contributed by atoms with Gasteiger partial charge in [-0.25, -0.2) is 19.3 Å². The van der Waals surface area contributed by atoms with Gasteiger partial charge in [0.05, 0.1) is 46.8 Å². The summed E-state index contributed by atoms with van der Waals surface area (Å²) in [4.78, 5) is 14.6. The summed E-state index contributed by atoms with van der Waals surface area (Å²) < 4.78 is 57.3. The average molecular weight is 988 g/mol. The van der Waals surface area contributed by atoms with Crippen LogP contribution in [0.2, 0.25) is 18.1 Å². The number of methoxy groups -OCH3 is 4. The molecule has 1 fully saturated rings. The van der Waals surface area contributed by atoms with Gasteiger partial charge in [-0.3, -0.25) is 4.57 Å². The molecule has 0 spiro atoms. The number of benzene rings is 6. The molecule has 372 valence electrons. The van der Waals surface area contributed by atoms with E-state index in [1.807, 2.05) is 146 Å². The fraction of sp³-hybridized carbons (Fsp3) is 0.293. The Labute approximate surface area is 421 Å². The summed E-state index contributed by atoms with van der Waals surface area (Å²) in [6, 6.07) is 50.1. The molecule has 0 unspecified atom stereocenters. The van der Waals surface area contributed by atoms with Crippen LogP contribution < -0.4 is 24.3 Å². The Balaban J connectivity index is 1.25. The van der Waals surface area contributed by atoms with Crippen molar-refractivity contribution in [3.63, 3.8) is 0 Å². The maximum atomic E-state index is 19.2. The summed E-state index contributed by atoms with van der Waals surface area (Å²) in [6.07, 6.45) is -1.92. The van der Waals surface area contributed by atoms with E-state index in [1.54, 1.807) is 33.0 Å². The molecule has 12 nitrogen and oxygen atoms in total. The lowest BCUT2D eigenvalue weighted by molar-refractivity contribution is -0.108. The molecule has 72 heavy (non-hydrogen) atoms. The van der Waals surface area contributed by atoms with E-state index in [-0.39, 0.29) is 17.3 Å². The third-order valence-electron chi connectivity index (χ3n) is 14.9. The van der Waals surface area contributed by atoms with Gasteiger partial charge in [0.1, 0.15) is 46.6 Å². The van der Waals surface area contributed by atoms with Crippen LogP contribution in [0.25, 0.3) is 11.2 Å². The lowest BCUT2D eigenvalue weighted by Crippen LogP contribution is -2.64. The molecule has 1 saturated heterocycles. The van der Waals surface area contributed by atoms with E-state index >= 15 is 4.39 Å². The summed E-state index contributed by atoms with van der Waals surface area (Å²) in [5, 5.41) is 17.9. The molecular weight excluding hydrogens is 926 g/mol. The Hall–Kier alpha value is -7.10. The van der Waals surface area contributed by atoms with Gasteiger partial charge in [-0.15, -0.1) is 0 Å². The largest absolute Gasteiger partial charge is 0.497 e. The topological polar surface area (TPSA) is 131 Å². The van der Waals surface area contributed by atoms with Crippen molar-refractivity contribution >= 4 is 25.3 Å². The summed E-state index contributed by atoms with van der Waals surface area (Å²) in [6.45, 7) is 10.6. The van der Waals surface area contributed by atoms with E-state index in [0.717, 1.165) is 16.7 Å². The zero-order valence-electron chi connectivity index (χ0n) is 42.2. The number of nitrogens with one attached hydrogen (secondary N) is 1. The van der Waals surface area contributed by atoms with Gasteiger partial charge in [0.2, 0.25) is 0 Å². The van der Waals surface area contributed by atoms with Gasteiger partial charge in [0, 0.05) is 0 Å². The normalized spacial score (nSPS) is 18.5. The van der Waals surface area contributed by atoms with Gasteiger partial charge in [-0.2, -0.15) is 0 Å². The summed E-state index contributed by atoms with van der Waals surface area (Å²) in [5.41, 5.74) is 0.0245. The Kier molecular flexibility index (Phi) is 13.7. The fourth-order valence-corrected chi connectivity index (χ4v) is 11.0. The van der Waals surface area contributed by atoms with E-state index in [1.165, 1.54) is 12.7 Å². The van der Waals surface area contributed by atoms with Crippen molar-refractivity contribution in [1.29, 1.82) is 0 Å². The maximum Gasteiger partial charge on any atom is 0.192 e. The number of aliphatic hydroxyl groups is 1. The maximum absolute atomic E-state index is 19.2. The molecule has 1 aliphatic rings. The van der Waals surface area contributed by atoms with Gasteiger partial charge < -0.3 is 38.5 Å². The Bertz CT molecular complexity index is 2990. The third kappa shape index (κ3) is 8.45. The summed E-state index contributed by atoms with van der Waals surface area (Å²) in [5.74, 6) is 2.95. The molecule has 3 heterocycles. The smallest absolute Gasteiger partial charge is 0.192 e. The van der Waals surface area contributed by atoms with Gasteiger partial charge in [0.25, 0.3) is 0 Å². The van der Waals surface area contributed by atoms with Crippen molar-refractivity contribution in [1.82, 2.24) is 19.5 Å². The minimum Gasteiger partial charge on any atom is -0.497 e. The SMILES string of the molecule is COc1ccc(C(Nc2ncnc3c2ncn3[C@@H]2O[C@H](CO[Si](C)(C)C(C)(C)C)[C@](O)(C(c3ccccc3)(c3ccc(OC)cc3)c3ccc(OC)cc3)[C@H]2F)(c2ccccc2)c2ccc(OC)cc2)cc1. The second kappa shape index (κ2) is 19.8. The molecule has 0 bridgehead atoms. The van der Waals surface area contributed by atoms with Gasteiger partial charge in [-0.1, -0.05) is 130 Å². The lowest BCUT2D eigenvalue weighted by atomic mass is 9.56. The lowest BCUT2D eigenvalue weighted by Gasteiger charge is -2.50. The van der Waals surface area contributed by atoms with Gasteiger partial charge >= 0.3 is 0 Å². The zero-order valence-corrected chi connectivity index (χ0v) is 43.2. The minimum absolute atomic E-state index is 0.122. The Morgan fingerprint density at radius 1 is 0.611 bits per heavy atom. The predicted octanol–water partition coefficient (Wildman–Crippen LogP) is 11.3. The number of nitrogens with zero attached hydrogens (tertiary/aromatic N) is 4. The molecule has 8 aromatic rings. The van der Waals surface area contributed by atoms with E-state index in [4.69, 9.17) is 43.1 Å². The molecule has 1 aliphatic heterocycles. The molecule has 0 radical (unpaired) electrons. The van der Waals surface area contributed by atoms with Crippen molar-refractivity contribution in [2.75, 3.05) is 40.4 Å². The molecule has 4 atom stereocenters. The van der Waals surface area contributed by atoms with Crippen LogP contribution in [0.15, 0.2) is 170 Å². The molecular formula is C58H62FN5O7Si. The summed E-state index contributed by atoms with van der Waals surface area (Å²) in [7, 11) is 3.91. The Morgan fingerprint density at radius 3 is 1.47 bits per heavy atom. The number of hydrogen-bond acceptors (Lipinski definition) is 11. The van der Waals surface area contributed by atoms with E-state index in [9.17, 15) is 5.11 Å². The van der Waals surface area contributed by atoms with Crippen LogP contribution in [0, 0.1) is 0 Å². The van der Waals surface area contributed by atoms with Gasteiger partial charge in [0.15, 0.2) is 37.7 Å². The van der Waals surface area contributed by atoms with Crippen LogP contribution in [-0.2, 0) is 20.1 Å². The molecule has 2 aromatic heterocycles. The van der Waals surface area contributed by atoms with Crippen molar-refractivity contribution < 1.29 is 37.6 Å². The second-order valence-electron chi connectivity index (χ2n) is 19.6. The number of alkyl halides is 1. The first-order valence-electron chi connectivity index (χ1n) is 24.0. The number of imidazole rings is 1. The van der Waals surface area contributed by atoms with Crippen molar-refractivity contribution in [2.24, 2.45) is 0 Å². The minimum atomic E-state index is -2.54. The number of rotatable bonds is 17. The van der Waals surface area contributed by atoms with E-state index < -0.39 is 43.4 Å². The molecule has 0 saturated carbocycles. The number of aromatic nitrogens is 4. The number of halogens is 1. The first kappa shape index (κ1) is 49.9. The van der Waals surface area contributed by atoms with Crippen LogP contribution >= 0.6 is 0 Å². The number of anilines is 1. The third-order valence-corrected chi connectivity index (χ3v) is 19.4. The zero-order chi connectivity index (χ0) is 50.9. The van der Waals surface area contributed by atoms with Crippen LogP contribution in [0.5, 0.6) is 23.0 Å². The predicted molar refractivity (Wildman–Crippen MR) is 280 cm³/mol. The number of fused-ring (bicyclic) bond motifs is 1. The fourth-order valence-electron chi connectivity index (χ4n) is 10.0. The first-order chi connectivity index (χ1) is 34.7. The van der Waals surface area contributed by atoms with Crippen molar-refractivity contribution in [2.45, 2.75) is 74.0 Å². The van der Waals surface area contributed by atoms with Crippen LogP contribution in [-0.4, -0.2) is 85.9 Å². The van der Waals surface area contributed by atoms with Crippen LogP contribution in [0.4, 0.5) is 10.2 Å². The highest BCUT2D eigenvalue weighted by Gasteiger charge is 2.69. The number of hydrogen-bond donors (Lipinski definition) is 2. The standard InChI is InChI=1S/C58H62FN5O7Si/c1-55(2,3)72(8,9)70-36-49-58(65,56(39-16-12-10-13-17-39,40-20-28-45(66-4)29-21-40)41-22-30-46(67-5)31-23-41)51(59)54(71-49)64-38-62-50-52(60-37-61-53(50)64)63-57(42-18-14-11-15-19-42,43-24-32-47(68-6)33-25-43)44-26-34-48(69-7)35-27-44/h10-35,37-38,49,51,54,65H,36H2,1-9H3,(H,60,61,63)/t49-,51+,54-,58-/m1/s1. The van der Waals surface area contributed by atoms with Crippen LogP contribution in [0.3, 0.4) is 0 Å². The highest BCUT2D eigenvalue weighted by Crippen LogP contribution is 2.58. The molecule has 2 N–H and O–H groups in total. The molecule has 0 aliphatic carbocycles. The average Bonchev–Trinajstić information content (AvgIpc) is 3.96. The molecule has 14 heteroatoms. The van der Waals surface area contributed by atoms with Crippen LogP contribution in [0.1, 0.15) is 60.4 Å². The van der Waals surface area contributed by atoms with E-state index in [2.05, 4.69) is 51.3 Å². The highest BCUT2D eigenvalue weighted by molar-refractivity contribution is 6.74. The second-order valence-corrected chi connectivity index (χ2v) is 24.4. The molecule has 9 rings (SSSR count). The van der Waals surface area contributed by atoms with Crippen molar-refractivity contribution in [3.05, 3.63) is 204 Å². The van der Waals surface area contributed by atoms with Gasteiger partial charge in [-0.05, 0) is 100 Å². The molecule has 6 aromatic carbocycles. The quantitative estimate of drug-likeness (QED) is 0.0668. The van der Waals surface area contributed by atoms with E-state index in [0.29, 0.717) is 51.0 Å². The molecule has 0 amide bonds.